The van der Waals surface area contributed by atoms with Crippen molar-refractivity contribution in [1.82, 2.24) is 9.88 Å². The molecule has 0 aliphatic carbocycles. The van der Waals surface area contributed by atoms with Crippen LogP contribution in [-0.4, -0.2) is 50.2 Å². The number of nitrogens with zero attached hydrogens (tertiary/aromatic N) is 4. The van der Waals surface area contributed by atoms with Gasteiger partial charge in [0.2, 0.25) is 0 Å². The zero-order valence-electron chi connectivity index (χ0n) is 14.9. The van der Waals surface area contributed by atoms with Gasteiger partial charge in [0, 0.05) is 31.9 Å². The molecule has 0 unspecified atom stereocenters. The Labute approximate surface area is 148 Å². The summed E-state index contributed by atoms with van der Waals surface area (Å²) in [5.74, 6) is 2.31. The summed E-state index contributed by atoms with van der Waals surface area (Å²) in [7, 11) is 3.77. The van der Waals surface area contributed by atoms with E-state index >= 15 is 0 Å². The first-order chi connectivity index (χ1) is 12.1. The van der Waals surface area contributed by atoms with Crippen molar-refractivity contribution < 1.29 is 4.74 Å². The van der Waals surface area contributed by atoms with Gasteiger partial charge in [-0.3, -0.25) is 0 Å². The maximum Gasteiger partial charge on any atom is 0.151 e. The average Bonchev–Trinajstić information content (AvgIpc) is 2.63. The van der Waals surface area contributed by atoms with Gasteiger partial charge in [0.15, 0.2) is 5.82 Å². The van der Waals surface area contributed by atoms with Gasteiger partial charge in [0.1, 0.15) is 17.6 Å². The van der Waals surface area contributed by atoms with Gasteiger partial charge in [-0.05, 0) is 49.9 Å². The molecule has 1 aliphatic heterocycles. The summed E-state index contributed by atoms with van der Waals surface area (Å²) >= 11 is 0. The standard InChI is InChI=1S/C19H23N5O/c1-14-12-18(24-10-8-23(2)9-11-24)22-19(17(14)13-20)21-15-4-6-16(25-3)7-5-15/h4-7,12H,8-11H2,1-3H3,(H,21,22). The topological polar surface area (TPSA) is 64.4 Å². The molecule has 0 bridgehead atoms. The molecule has 1 fully saturated rings. The number of ether oxygens (including phenoxy) is 1. The Morgan fingerprint density at radius 3 is 2.44 bits per heavy atom. The van der Waals surface area contributed by atoms with E-state index in [-0.39, 0.29) is 0 Å². The molecule has 1 N–H and O–H groups in total. The van der Waals surface area contributed by atoms with Crippen LogP contribution in [0.2, 0.25) is 0 Å². The SMILES string of the molecule is COc1ccc(Nc2nc(N3CCN(C)CC3)cc(C)c2C#N)cc1. The van der Waals surface area contributed by atoms with Gasteiger partial charge in [-0.1, -0.05) is 0 Å². The van der Waals surface area contributed by atoms with E-state index in [1.807, 2.05) is 37.3 Å². The Morgan fingerprint density at radius 2 is 1.84 bits per heavy atom. The van der Waals surface area contributed by atoms with Crippen molar-refractivity contribution in [3.63, 3.8) is 0 Å². The lowest BCUT2D eigenvalue weighted by molar-refractivity contribution is 0.312. The minimum absolute atomic E-state index is 0.577. The van der Waals surface area contributed by atoms with E-state index in [2.05, 4.69) is 28.2 Å². The van der Waals surface area contributed by atoms with Crippen LogP contribution in [0.4, 0.5) is 17.3 Å². The third-order valence-electron chi connectivity index (χ3n) is 4.49. The minimum Gasteiger partial charge on any atom is -0.497 e. The van der Waals surface area contributed by atoms with Crippen LogP contribution in [0.25, 0.3) is 0 Å². The molecule has 0 atom stereocenters. The number of anilines is 3. The molecule has 1 aliphatic rings. The van der Waals surface area contributed by atoms with Crippen LogP contribution >= 0.6 is 0 Å². The number of methoxy groups -OCH3 is 1. The Balaban J connectivity index is 1.89. The first-order valence-corrected chi connectivity index (χ1v) is 8.37. The highest BCUT2D eigenvalue weighted by Gasteiger charge is 2.18. The maximum atomic E-state index is 9.53. The second kappa shape index (κ2) is 7.41. The van der Waals surface area contributed by atoms with E-state index < -0.39 is 0 Å². The van der Waals surface area contributed by atoms with Gasteiger partial charge in [0.05, 0.1) is 12.7 Å². The van der Waals surface area contributed by atoms with E-state index in [4.69, 9.17) is 9.72 Å². The third kappa shape index (κ3) is 3.83. The Kier molecular flexibility index (Phi) is 5.05. The predicted molar refractivity (Wildman–Crippen MR) is 99.7 cm³/mol. The molecule has 1 saturated heterocycles. The largest absolute Gasteiger partial charge is 0.497 e. The number of nitriles is 1. The van der Waals surface area contributed by atoms with Crippen molar-refractivity contribution in [2.24, 2.45) is 0 Å². The first kappa shape index (κ1) is 17.1. The molecule has 6 heteroatoms. The van der Waals surface area contributed by atoms with Gasteiger partial charge in [-0.25, -0.2) is 4.98 Å². The Morgan fingerprint density at radius 1 is 1.16 bits per heavy atom. The van der Waals surface area contributed by atoms with Crippen molar-refractivity contribution in [3.8, 4) is 11.8 Å². The van der Waals surface area contributed by atoms with Gasteiger partial charge in [-0.15, -0.1) is 0 Å². The molecule has 0 amide bonds. The van der Waals surface area contributed by atoms with E-state index in [9.17, 15) is 5.26 Å². The number of nitrogens with one attached hydrogen (secondary N) is 1. The molecule has 2 heterocycles. The summed E-state index contributed by atoms with van der Waals surface area (Å²) in [4.78, 5) is 9.31. The number of benzene rings is 1. The van der Waals surface area contributed by atoms with Crippen LogP contribution in [0, 0.1) is 18.3 Å². The summed E-state index contributed by atoms with van der Waals surface area (Å²) in [6.45, 7) is 5.87. The monoisotopic (exact) mass is 337 g/mol. The van der Waals surface area contributed by atoms with Crippen molar-refractivity contribution in [1.29, 1.82) is 5.26 Å². The molecule has 0 spiro atoms. The van der Waals surface area contributed by atoms with E-state index in [1.54, 1.807) is 7.11 Å². The fraction of sp³-hybridized carbons (Fsp3) is 0.368. The number of aromatic nitrogens is 1. The zero-order valence-corrected chi connectivity index (χ0v) is 14.9. The molecule has 1 aromatic carbocycles. The Hall–Kier alpha value is -2.78. The van der Waals surface area contributed by atoms with Crippen molar-refractivity contribution in [3.05, 3.63) is 41.5 Å². The lowest BCUT2D eigenvalue weighted by Gasteiger charge is -2.33. The number of hydrogen-bond acceptors (Lipinski definition) is 6. The number of aryl methyl sites for hydroxylation is 1. The van der Waals surface area contributed by atoms with Crippen molar-refractivity contribution >= 4 is 17.3 Å². The minimum atomic E-state index is 0.577. The van der Waals surface area contributed by atoms with Crippen LogP contribution in [0.3, 0.4) is 0 Å². The highest BCUT2D eigenvalue weighted by molar-refractivity contribution is 5.68. The number of likely N-dealkylation sites (N-methyl/N-ethyl adjacent to an activating group) is 1. The molecule has 25 heavy (non-hydrogen) atoms. The zero-order chi connectivity index (χ0) is 17.8. The summed E-state index contributed by atoms with van der Waals surface area (Å²) in [6, 6.07) is 11.9. The molecule has 3 rings (SSSR count). The summed E-state index contributed by atoms with van der Waals surface area (Å²) in [5, 5.41) is 12.8. The number of pyridine rings is 1. The van der Waals surface area contributed by atoms with E-state index in [1.165, 1.54) is 0 Å². The maximum absolute atomic E-state index is 9.53. The molecular weight excluding hydrogens is 314 g/mol. The smallest absolute Gasteiger partial charge is 0.151 e. The van der Waals surface area contributed by atoms with Crippen LogP contribution < -0.4 is 15.0 Å². The van der Waals surface area contributed by atoms with Gasteiger partial charge >= 0.3 is 0 Å². The highest BCUT2D eigenvalue weighted by atomic mass is 16.5. The quantitative estimate of drug-likeness (QED) is 0.925. The van der Waals surface area contributed by atoms with Gasteiger partial charge in [0.25, 0.3) is 0 Å². The average molecular weight is 337 g/mol. The van der Waals surface area contributed by atoms with Crippen LogP contribution in [0.15, 0.2) is 30.3 Å². The fourth-order valence-electron chi connectivity index (χ4n) is 2.90. The number of hydrogen-bond donors (Lipinski definition) is 1. The normalized spacial score (nSPS) is 14.9. The lowest BCUT2D eigenvalue weighted by atomic mass is 10.1. The molecular formula is C19H23N5O. The van der Waals surface area contributed by atoms with E-state index in [0.29, 0.717) is 11.4 Å². The second-order valence-corrected chi connectivity index (χ2v) is 6.28. The molecule has 0 radical (unpaired) electrons. The fourth-order valence-corrected chi connectivity index (χ4v) is 2.90. The highest BCUT2D eigenvalue weighted by Crippen LogP contribution is 2.27. The lowest BCUT2D eigenvalue weighted by Crippen LogP contribution is -2.44. The van der Waals surface area contributed by atoms with Gasteiger partial charge < -0.3 is 19.9 Å². The van der Waals surface area contributed by atoms with Crippen molar-refractivity contribution in [2.75, 3.05) is 50.6 Å². The number of rotatable bonds is 4. The molecule has 0 saturated carbocycles. The molecule has 6 nitrogen and oxygen atoms in total. The van der Waals surface area contributed by atoms with Gasteiger partial charge in [-0.2, -0.15) is 5.26 Å². The summed E-state index contributed by atoms with van der Waals surface area (Å²) < 4.78 is 5.18. The predicted octanol–water partition coefficient (Wildman–Crippen LogP) is 2.77. The van der Waals surface area contributed by atoms with Crippen molar-refractivity contribution in [2.45, 2.75) is 6.92 Å². The Bertz CT molecular complexity index is 774. The van der Waals surface area contributed by atoms with Crippen LogP contribution in [0.1, 0.15) is 11.1 Å². The number of piperazine rings is 1. The molecule has 1 aromatic heterocycles. The first-order valence-electron chi connectivity index (χ1n) is 8.37. The molecule has 2 aromatic rings. The molecule has 130 valence electrons. The summed E-state index contributed by atoms with van der Waals surface area (Å²) in [6.07, 6.45) is 0. The van der Waals surface area contributed by atoms with Crippen LogP contribution in [-0.2, 0) is 0 Å². The van der Waals surface area contributed by atoms with Crippen LogP contribution in [0.5, 0.6) is 5.75 Å². The summed E-state index contributed by atoms with van der Waals surface area (Å²) in [5.41, 5.74) is 2.39. The second-order valence-electron chi connectivity index (χ2n) is 6.28. The third-order valence-corrected chi connectivity index (χ3v) is 4.49. The van der Waals surface area contributed by atoms with E-state index in [0.717, 1.165) is 49.0 Å².